The van der Waals surface area contributed by atoms with Crippen LogP contribution in [0.25, 0.3) is 0 Å². The van der Waals surface area contributed by atoms with Crippen LogP contribution in [0.3, 0.4) is 0 Å². The Labute approximate surface area is 130 Å². The van der Waals surface area contributed by atoms with Gasteiger partial charge in [-0.1, -0.05) is 13.0 Å². The number of carbonyl (C=O) groups is 1. The van der Waals surface area contributed by atoms with Gasteiger partial charge in [0.2, 0.25) is 0 Å². The summed E-state index contributed by atoms with van der Waals surface area (Å²) in [5.74, 6) is -0.325. The Bertz CT molecular complexity index is 576. The van der Waals surface area contributed by atoms with Gasteiger partial charge < -0.3 is 9.84 Å². The minimum Gasteiger partial charge on any atom is -0.488 e. The highest BCUT2D eigenvalue weighted by Crippen LogP contribution is 2.34. The average molecular weight is 306 g/mol. The Morgan fingerprint density at radius 3 is 2.77 bits per heavy atom. The summed E-state index contributed by atoms with van der Waals surface area (Å²) in [6.07, 6.45) is 4.98. The van der Waals surface area contributed by atoms with E-state index < -0.39 is 11.4 Å². The largest absolute Gasteiger partial charge is 0.488 e. The first kappa shape index (κ1) is 16.7. The van der Waals surface area contributed by atoms with Crippen LogP contribution < -0.4 is 4.74 Å². The second-order valence-electron chi connectivity index (χ2n) is 5.97. The van der Waals surface area contributed by atoms with Gasteiger partial charge in [0.15, 0.2) is 6.29 Å². The van der Waals surface area contributed by atoms with E-state index in [1.807, 2.05) is 13.8 Å². The van der Waals surface area contributed by atoms with E-state index in [1.165, 1.54) is 12.1 Å². The van der Waals surface area contributed by atoms with Gasteiger partial charge in [-0.15, -0.1) is 0 Å². The zero-order chi connectivity index (χ0) is 16.2. The lowest BCUT2D eigenvalue weighted by Gasteiger charge is -2.31. The predicted octanol–water partition coefficient (Wildman–Crippen LogP) is 4.05. The van der Waals surface area contributed by atoms with Crippen LogP contribution in [-0.2, 0) is 0 Å². The molecule has 4 heteroatoms. The number of aldehydes is 1. The lowest BCUT2D eigenvalue weighted by Crippen LogP contribution is -2.29. The predicted molar refractivity (Wildman–Crippen MR) is 83.7 cm³/mol. The third kappa shape index (κ3) is 3.55. The summed E-state index contributed by atoms with van der Waals surface area (Å²) in [6, 6.07) is 4.35. The molecule has 0 aromatic heterocycles. The second-order valence-corrected chi connectivity index (χ2v) is 5.97. The van der Waals surface area contributed by atoms with Gasteiger partial charge in [-0.3, -0.25) is 4.79 Å². The zero-order valence-electron chi connectivity index (χ0n) is 13.2. The van der Waals surface area contributed by atoms with Crippen LogP contribution in [-0.4, -0.2) is 23.6 Å². The number of hydrogen-bond donors (Lipinski definition) is 1. The minimum atomic E-state index is -0.825. The molecule has 2 rings (SSSR count). The van der Waals surface area contributed by atoms with Gasteiger partial charge in [0.1, 0.15) is 18.2 Å². The highest BCUT2D eigenvalue weighted by atomic mass is 19.1. The van der Waals surface area contributed by atoms with E-state index in [9.17, 15) is 14.3 Å². The summed E-state index contributed by atoms with van der Waals surface area (Å²) in [4.78, 5) is 11.0. The number of aliphatic hydroxyl groups is 1. The Hall–Kier alpha value is -1.68. The number of rotatable bonds is 6. The molecule has 1 unspecified atom stereocenters. The number of benzene rings is 1. The highest BCUT2D eigenvalue weighted by molar-refractivity contribution is 5.79. The van der Waals surface area contributed by atoms with E-state index in [0.717, 1.165) is 36.8 Å². The van der Waals surface area contributed by atoms with Crippen LogP contribution in [0.5, 0.6) is 5.75 Å². The lowest BCUT2D eigenvalue weighted by molar-refractivity contribution is 0.0861. The molecule has 0 bridgehead atoms. The Morgan fingerprint density at radius 2 is 2.09 bits per heavy atom. The summed E-state index contributed by atoms with van der Waals surface area (Å²) in [5, 5.41) is 10.5. The average Bonchev–Trinajstić information content (AvgIpc) is 2.53. The highest BCUT2D eigenvalue weighted by Gasteiger charge is 2.28. The van der Waals surface area contributed by atoms with Crippen molar-refractivity contribution in [3.8, 4) is 5.75 Å². The fourth-order valence-corrected chi connectivity index (χ4v) is 2.91. The van der Waals surface area contributed by atoms with Gasteiger partial charge >= 0.3 is 0 Å². The van der Waals surface area contributed by atoms with Crippen molar-refractivity contribution in [2.45, 2.75) is 51.6 Å². The van der Waals surface area contributed by atoms with E-state index in [1.54, 1.807) is 6.07 Å². The molecule has 1 aliphatic carbocycles. The van der Waals surface area contributed by atoms with Crippen molar-refractivity contribution < 1.29 is 19.0 Å². The Kier molecular flexibility index (Phi) is 5.35. The monoisotopic (exact) mass is 306 g/mol. The quantitative estimate of drug-likeness (QED) is 0.637. The van der Waals surface area contributed by atoms with Crippen LogP contribution in [0.4, 0.5) is 4.39 Å². The van der Waals surface area contributed by atoms with E-state index in [4.69, 9.17) is 4.74 Å². The number of ether oxygens (including phenoxy) is 1. The molecule has 22 heavy (non-hydrogen) atoms. The van der Waals surface area contributed by atoms with Crippen molar-refractivity contribution in [1.29, 1.82) is 0 Å². The number of carbonyl (C=O) groups excluding carboxylic acids is 1. The second kappa shape index (κ2) is 7.05. The van der Waals surface area contributed by atoms with Crippen LogP contribution in [0.1, 0.15) is 56.3 Å². The smallest absolute Gasteiger partial charge is 0.156 e. The van der Waals surface area contributed by atoms with Crippen LogP contribution >= 0.6 is 0 Å². The molecule has 1 atom stereocenters. The van der Waals surface area contributed by atoms with Crippen molar-refractivity contribution in [1.82, 2.24) is 0 Å². The summed E-state index contributed by atoms with van der Waals surface area (Å²) in [5.41, 5.74) is 1.22. The molecule has 0 saturated carbocycles. The van der Waals surface area contributed by atoms with Gasteiger partial charge in [-0.2, -0.15) is 0 Å². The molecule has 1 aliphatic rings. The maximum absolute atomic E-state index is 13.6. The first-order valence-electron chi connectivity index (χ1n) is 7.80. The van der Waals surface area contributed by atoms with Crippen molar-refractivity contribution in [3.05, 3.63) is 40.7 Å². The van der Waals surface area contributed by atoms with E-state index in [-0.39, 0.29) is 17.9 Å². The van der Waals surface area contributed by atoms with Gasteiger partial charge in [0, 0.05) is 0 Å². The summed E-state index contributed by atoms with van der Waals surface area (Å²) >= 11 is 0. The van der Waals surface area contributed by atoms with E-state index >= 15 is 0 Å². The first-order valence-corrected chi connectivity index (χ1v) is 7.80. The van der Waals surface area contributed by atoms with Gasteiger partial charge in [0.05, 0.1) is 11.2 Å². The van der Waals surface area contributed by atoms with Gasteiger partial charge in [-0.25, -0.2) is 4.39 Å². The standard InChI is InChI=1S/C18H23FO3/c1-3-18(2,21)15-8-5-4-7-13(15)12-22-17-10-6-9-16(19)14(17)11-20/h6,9-11,21H,3-5,7-8,12H2,1-2H3. The number of hydrogen-bond acceptors (Lipinski definition) is 3. The van der Waals surface area contributed by atoms with Gasteiger partial charge in [0.25, 0.3) is 0 Å². The fourth-order valence-electron chi connectivity index (χ4n) is 2.91. The molecule has 0 radical (unpaired) electrons. The van der Waals surface area contributed by atoms with Crippen LogP contribution in [0.2, 0.25) is 0 Å². The molecular formula is C18H23FO3. The van der Waals surface area contributed by atoms with E-state index in [0.29, 0.717) is 12.7 Å². The third-order valence-corrected chi connectivity index (χ3v) is 4.45. The molecule has 120 valence electrons. The van der Waals surface area contributed by atoms with E-state index in [2.05, 4.69) is 0 Å². The molecule has 0 fully saturated rings. The van der Waals surface area contributed by atoms with Crippen molar-refractivity contribution in [2.24, 2.45) is 0 Å². The zero-order valence-corrected chi connectivity index (χ0v) is 13.2. The fraction of sp³-hybridized carbons (Fsp3) is 0.500. The molecule has 0 saturated heterocycles. The summed E-state index contributed by atoms with van der Waals surface area (Å²) in [7, 11) is 0. The molecule has 1 aromatic rings. The Balaban J connectivity index is 2.22. The maximum Gasteiger partial charge on any atom is 0.156 e. The first-order chi connectivity index (χ1) is 10.5. The molecule has 1 aromatic carbocycles. The lowest BCUT2D eigenvalue weighted by atomic mass is 9.81. The molecule has 0 heterocycles. The molecule has 1 N–H and O–H groups in total. The van der Waals surface area contributed by atoms with Gasteiger partial charge in [-0.05, 0) is 62.3 Å². The maximum atomic E-state index is 13.6. The molecule has 0 amide bonds. The molecular weight excluding hydrogens is 283 g/mol. The third-order valence-electron chi connectivity index (χ3n) is 4.45. The Morgan fingerprint density at radius 1 is 1.36 bits per heavy atom. The minimum absolute atomic E-state index is 0.0530. The van der Waals surface area contributed by atoms with Crippen molar-refractivity contribution in [2.75, 3.05) is 6.61 Å². The normalized spacial score (nSPS) is 18.0. The topological polar surface area (TPSA) is 46.5 Å². The molecule has 0 aliphatic heterocycles. The summed E-state index contributed by atoms with van der Waals surface area (Å²) < 4.78 is 19.3. The van der Waals surface area contributed by atoms with Crippen molar-refractivity contribution in [3.63, 3.8) is 0 Å². The summed E-state index contributed by atoms with van der Waals surface area (Å²) in [6.45, 7) is 4.07. The van der Waals surface area contributed by atoms with Crippen LogP contribution in [0.15, 0.2) is 29.3 Å². The SMILES string of the molecule is CCC(C)(O)C1=C(COc2cccc(F)c2C=O)CCCC1. The molecule has 3 nitrogen and oxygen atoms in total. The number of halogens is 1. The van der Waals surface area contributed by atoms with Crippen LogP contribution in [0, 0.1) is 5.82 Å². The molecule has 0 spiro atoms. The van der Waals surface area contributed by atoms with Crippen molar-refractivity contribution >= 4 is 6.29 Å².